The lowest BCUT2D eigenvalue weighted by Crippen LogP contribution is -2.41. The number of benzene rings is 1. The fourth-order valence-corrected chi connectivity index (χ4v) is 4.93. The molecule has 1 N–H and O–H groups in total. The molecule has 1 unspecified atom stereocenters. The van der Waals surface area contributed by atoms with Gasteiger partial charge in [-0.05, 0) is 51.2 Å². The number of nitrogens with one attached hydrogen (secondary N) is 1. The normalized spacial score (nSPS) is 19.2. The molecule has 162 valence electrons. The van der Waals surface area contributed by atoms with Gasteiger partial charge in [0.05, 0.1) is 5.92 Å². The van der Waals surface area contributed by atoms with E-state index in [0.29, 0.717) is 6.54 Å². The minimum atomic E-state index is -0.0695. The lowest BCUT2D eigenvalue weighted by Gasteiger charge is -2.33. The summed E-state index contributed by atoms with van der Waals surface area (Å²) in [6.45, 7) is 6.63. The minimum absolute atomic E-state index is 0.0695. The predicted molar refractivity (Wildman–Crippen MR) is 122 cm³/mol. The van der Waals surface area contributed by atoms with E-state index in [1.165, 1.54) is 24.8 Å². The maximum atomic E-state index is 13.1. The Morgan fingerprint density at radius 1 is 1.10 bits per heavy atom. The molecule has 0 bridgehead atoms. The Morgan fingerprint density at radius 2 is 2.00 bits per heavy atom. The molecule has 4 heterocycles. The van der Waals surface area contributed by atoms with Crippen LogP contribution in [0.1, 0.15) is 49.1 Å². The van der Waals surface area contributed by atoms with Crippen LogP contribution in [0.25, 0.3) is 11.2 Å². The van der Waals surface area contributed by atoms with Crippen LogP contribution in [0.3, 0.4) is 0 Å². The van der Waals surface area contributed by atoms with Crippen LogP contribution in [0.4, 0.5) is 11.5 Å². The third kappa shape index (κ3) is 3.89. The van der Waals surface area contributed by atoms with E-state index in [1.807, 2.05) is 19.1 Å². The first-order chi connectivity index (χ1) is 15.1. The lowest BCUT2D eigenvalue weighted by atomic mass is 9.96. The Labute approximate surface area is 182 Å². The Morgan fingerprint density at radius 3 is 2.87 bits per heavy atom. The Bertz CT molecular complexity index is 1120. The molecule has 0 radical (unpaired) electrons. The number of amides is 1. The topological polar surface area (TPSA) is 75.9 Å². The molecule has 3 aromatic rings. The summed E-state index contributed by atoms with van der Waals surface area (Å²) in [4.78, 5) is 29.4. The molecule has 0 spiro atoms. The second-order valence-electron chi connectivity index (χ2n) is 8.95. The number of piperidine rings is 1. The molecule has 2 aliphatic rings. The molecule has 31 heavy (non-hydrogen) atoms. The van der Waals surface area contributed by atoms with E-state index in [0.717, 1.165) is 66.4 Å². The first-order valence-corrected chi connectivity index (χ1v) is 11.4. The molecule has 1 saturated heterocycles. The molecule has 1 amide bonds. The zero-order valence-electron chi connectivity index (χ0n) is 18.4. The summed E-state index contributed by atoms with van der Waals surface area (Å²) in [5, 5.41) is 3.14. The molecule has 7 nitrogen and oxygen atoms in total. The molecule has 7 heteroatoms. The molecule has 1 atom stereocenters. The van der Waals surface area contributed by atoms with Crippen molar-refractivity contribution >= 4 is 28.6 Å². The second kappa shape index (κ2) is 8.29. The standard InChI is InChI=1S/C24H30N6O/c1-16-9-10-19(17(2)13-16)27-24(31)18-7-6-11-29(14-18)22-21-23(26-15-25-22)30-12-5-3-4-8-20(30)28-21/h9-10,13,15,18H,3-8,11-12,14H2,1-2H3,(H,27,31). The Kier molecular flexibility index (Phi) is 5.34. The van der Waals surface area contributed by atoms with Gasteiger partial charge in [0.2, 0.25) is 5.91 Å². The highest BCUT2D eigenvalue weighted by molar-refractivity contribution is 5.94. The van der Waals surface area contributed by atoms with Gasteiger partial charge in [-0.2, -0.15) is 0 Å². The number of anilines is 2. The highest BCUT2D eigenvalue weighted by Crippen LogP contribution is 2.30. The second-order valence-corrected chi connectivity index (χ2v) is 8.95. The van der Waals surface area contributed by atoms with Gasteiger partial charge < -0.3 is 14.8 Å². The number of carbonyl (C=O) groups is 1. The molecular formula is C24H30N6O. The third-order valence-corrected chi connectivity index (χ3v) is 6.61. The molecule has 1 aromatic carbocycles. The van der Waals surface area contributed by atoms with Crippen molar-refractivity contribution in [2.75, 3.05) is 23.3 Å². The van der Waals surface area contributed by atoms with Crippen LogP contribution < -0.4 is 10.2 Å². The molecule has 2 aliphatic heterocycles. The molecule has 0 saturated carbocycles. The first-order valence-electron chi connectivity index (χ1n) is 11.4. The van der Waals surface area contributed by atoms with Gasteiger partial charge in [0.15, 0.2) is 17.0 Å². The molecule has 0 aliphatic carbocycles. The van der Waals surface area contributed by atoms with Gasteiger partial charge in [0, 0.05) is 31.7 Å². The highest BCUT2D eigenvalue weighted by atomic mass is 16.1. The molecule has 1 fully saturated rings. The van der Waals surface area contributed by atoms with Crippen molar-refractivity contribution in [3.05, 3.63) is 41.5 Å². The monoisotopic (exact) mass is 418 g/mol. The van der Waals surface area contributed by atoms with Crippen molar-refractivity contribution in [3.8, 4) is 0 Å². The number of fused-ring (bicyclic) bond motifs is 3. The van der Waals surface area contributed by atoms with Crippen molar-refractivity contribution in [1.29, 1.82) is 0 Å². The van der Waals surface area contributed by atoms with Crippen LogP contribution in [0, 0.1) is 19.8 Å². The van der Waals surface area contributed by atoms with E-state index in [-0.39, 0.29) is 11.8 Å². The summed E-state index contributed by atoms with van der Waals surface area (Å²) in [6, 6.07) is 6.13. The number of hydrogen-bond acceptors (Lipinski definition) is 5. The van der Waals surface area contributed by atoms with E-state index in [2.05, 4.69) is 37.7 Å². The van der Waals surface area contributed by atoms with E-state index < -0.39 is 0 Å². The van der Waals surface area contributed by atoms with Crippen molar-refractivity contribution < 1.29 is 4.79 Å². The predicted octanol–water partition coefficient (Wildman–Crippen LogP) is 4.02. The maximum Gasteiger partial charge on any atom is 0.229 e. The van der Waals surface area contributed by atoms with E-state index >= 15 is 0 Å². The summed E-state index contributed by atoms with van der Waals surface area (Å²) in [6.07, 6.45) is 8.09. The lowest BCUT2D eigenvalue weighted by molar-refractivity contribution is -0.120. The van der Waals surface area contributed by atoms with E-state index in [9.17, 15) is 4.79 Å². The van der Waals surface area contributed by atoms with Gasteiger partial charge in [-0.25, -0.2) is 15.0 Å². The third-order valence-electron chi connectivity index (χ3n) is 6.61. The number of aryl methyl sites for hydroxylation is 4. The van der Waals surface area contributed by atoms with Crippen LogP contribution in [0.2, 0.25) is 0 Å². The Balaban J connectivity index is 1.38. The molecule has 2 aromatic heterocycles. The zero-order chi connectivity index (χ0) is 21.4. The Hall–Kier alpha value is -2.96. The van der Waals surface area contributed by atoms with Crippen molar-refractivity contribution in [2.45, 2.75) is 58.9 Å². The van der Waals surface area contributed by atoms with Gasteiger partial charge >= 0.3 is 0 Å². The average Bonchev–Trinajstić information content (AvgIpc) is 2.96. The number of rotatable bonds is 3. The van der Waals surface area contributed by atoms with Crippen molar-refractivity contribution in [2.24, 2.45) is 5.92 Å². The number of hydrogen-bond donors (Lipinski definition) is 1. The van der Waals surface area contributed by atoms with Crippen molar-refractivity contribution in [1.82, 2.24) is 19.5 Å². The zero-order valence-corrected chi connectivity index (χ0v) is 18.4. The summed E-state index contributed by atoms with van der Waals surface area (Å²) in [7, 11) is 0. The van der Waals surface area contributed by atoms with E-state index in [1.54, 1.807) is 6.33 Å². The molecule has 5 rings (SSSR count). The van der Waals surface area contributed by atoms with Gasteiger partial charge in [-0.1, -0.05) is 24.1 Å². The van der Waals surface area contributed by atoms with Crippen LogP contribution >= 0.6 is 0 Å². The summed E-state index contributed by atoms with van der Waals surface area (Å²) in [5.41, 5.74) is 5.01. The SMILES string of the molecule is Cc1ccc(NC(=O)C2CCCN(c3ncnc4c3nc3n4CCCCC3)C2)c(C)c1. The van der Waals surface area contributed by atoms with Crippen LogP contribution in [-0.4, -0.2) is 38.5 Å². The minimum Gasteiger partial charge on any atom is -0.354 e. The fourth-order valence-electron chi connectivity index (χ4n) is 4.93. The van der Waals surface area contributed by atoms with Crippen molar-refractivity contribution in [3.63, 3.8) is 0 Å². The molecular weight excluding hydrogens is 388 g/mol. The summed E-state index contributed by atoms with van der Waals surface area (Å²) in [5.74, 6) is 2.01. The first kappa shape index (κ1) is 20.0. The van der Waals surface area contributed by atoms with Gasteiger partial charge in [-0.3, -0.25) is 4.79 Å². The van der Waals surface area contributed by atoms with E-state index in [4.69, 9.17) is 4.98 Å². The maximum absolute atomic E-state index is 13.1. The quantitative estimate of drug-likeness (QED) is 0.695. The fraction of sp³-hybridized carbons (Fsp3) is 0.500. The summed E-state index contributed by atoms with van der Waals surface area (Å²) >= 11 is 0. The van der Waals surface area contributed by atoms with Crippen LogP contribution in [0.15, 0.2) is 24.5 Å². The smallest absolute Gasteiger partial charge is 0.229 e. The number of aromatic nitrogens is 4. The van der Waals surface area contributed by atoms with Crippen LogP contribution in [-0.2, 0) is 17.8 Å². The van der Waals surface area contributed by atoms with Gasteiger partial charge in [0.25, 0.3) is 0 Å². The summed E-state index contributed by atoms with van der Waals surface area (Å²) < 4.78 is 2.27. The van der Waals surface area contributed by atoms with Gasteiger partial charge in [0.1, 0.15) is 12.2 Å². The average molecular weight is 419 g/mol. The highest BCUT2D eigenvalue weighted by Gasteiger charge is 2.29. The number of carbonyl (C=O) groups excluding carboxylic acids is 1. The largest absolute Gasteiger partial charge is 0.354 e. The number of nitrogens with zero attached hydrogens (tertiary/aromatic N) is 5. The number of imidazole rings is 1. The van der Waals surface area contributed by atoms with Crippen LogP contribution in [0.5, 0.6) is 0 Å². The van der Waals surface area contributed by atoms with Gasteiger partial charge in [-0.15, -0.1) is 0 Å².